The number of carbonyl (C=O) groups excluding carboxylic acids is 1. The lowest BCUT2D eigenvalue weighted by molar-refractivity contribution is 0.102. The van der Waals surface area contributed by atoms with Gasteiger partial charge in [-0.2, -0.15) is 0 Å². The van der Waals surface area contributed by atoms with Crippen molar-refractivity contribution in [3.05, 3.63) is 48.0 Å². The first-order chi connectivity index (χ1) is 12.2. The van der Waals surface area contributed by atoms with Crippen molar-refractivity contribution in [2.75, 3.05) is 25.6 Å². The predicted octanol–water partition coefficient (Wildman–Crippen LogP) is 4.53. The summed E-state index contributed by atoms with van der Waals surface area (Å²) in [5.74, 6) is 1.83. The van der Waals surface area contributed by atoms with E-state index in [9.17, 15) is 4.79 Å². The zero-order valence-corrected chi connectivity index (χ0v) is 15.0. The first kappa shape index (κ1) is 18.6. The molecule has 0 saturated heterocycles. The van der Waals surface area contributed by atoms with Crippen molar-refractivity contribution in [1.29, 1.82) is 0 Å². The fourth-order valence-electron chi connectivity index (χ4n) is 2.19. The first-order valence-corrected chi connectivity index (χ1v) is 8.53. The number of rotatable bonds is 9. The maximum Gasteiger partial charge on any atom is 0.255 e. The normalized spacial score (nSPS) is 10.2. The lowest BCUT2D eigenvalue weighted by Gasteiger charge is -2.14. The van der Waals surface area contributed by atoms with E-state index in [1.165, 1.54) is 0 Å². The summed E-state index contributed by atoms with van der Waals surface area (Å²) < 4.78 is 16.5. The standard InChI is InChI=1S/C20H25NO4/c1-4-12-24-17-10-11-19(25-13-5-2)18(14-17)21-20(22)15-6-8-16(23-3)9-7-15/h6-11,14H,4-5,12-13H2,1-3H3,(H,21,22). The molecule has 1 N–H and O–H groups in total. The van der Waals surface area contributed by atoms with Gasteiger partial charge in [0, 0.05) is 11.6 Å². The average molecular weight is 343 g/mol. The highest BCUT2D eigenvalue weighted by molar-refractivity contribution is 6.05. The highest BCUT2D eigenvalue weighted by Gasteiger charge is 2.12. The minimum atomic E-state index is -0.211. The Morgan fingerprint density at radius 1 is 0.920 bits per heavy atom. The van der Waals surface area contributed by atoms with Crippen molar-refractivity contribution in [3.8, 4) is 17.2 Å². The number of hydrogen-bond donors (Lipinski definition) is 1. The molecular weight excluding hydrogens is 318 g/mol. The third kappa shape index (κ3) is 5.41. The number of hydrogen-bond acceptors (Lipinski definition) is 4. The van der Waals surface area contributed by atoms with E-state index in [2.05, 4.69) is 5.32 Å². The summed E-state index contributed by atoms with van der Waals surface area (Å²) in [5, 5.41) is 2.91. The van der Waals surface area contributed by atoms with Crippen LogP contribution in [0.2, 0.25) is 0 Å². The van der Waals surface area contributed by atoms with Crippen LogP contribution < -0.4 is 19.5 Å². The summed E-state index contributed by atoms with van der Waals surface area (Å²) in [6.07, 6.45) is 1.81. The van der Waals surface area contributed by atoms with Crippen molar-refractivity contribution in [1.82, 2.24) is 0 Å². The van der Waals surface area contributed by atoms with Crippen LogP contribution >= 0.6 is 0 Å². The summed E-state index contributed by atoms with van der Waals surface area (Å²) in [6.45, 7) is 5.29. The number of ether oxygens (including phenoxy) is 3. The van der Waals surface area contributed by atoms with Gasteiger partial charge in [-0.05, 0) is 49.2 Å². The Labute approximate surface area is 148 Å². The van der Waals surface area contributed by atoms with Crippen LogP contribution in [-0.2, 0) is 0 Å². The lowest BCUT2D eigenvalue weighted by Crippen LogP contribution is -2.13. The number of amides is 1. The van der Waals surface area contributed by atoms with Crippen LogP contribution in [0.4, 0.5) is 5.69 Å². The van der Waals surface area contributed by atoms with Gasteiger partial charge in [-0.1, -0.05) is 13.8 Å². The summed E-state index contributed by atoms with van der Waals surface area (Å²) in [5.41, 5.74) is 1.14. The molecule has 0 aromatic heterocycles. The molecule has 0 aliphatic carbocycles. The predicted molar refractivity (Wildman–Crippen MR) is 99.0 cm³/mol. The van der Waals surface area contributed by atoms with Crippen LogP contribution in [-0.4, -0.2) is 26.2 Å². The molecule has 0 aliphatic rings. The van der Waals surface area contributed by atoms with Gasteiger partial charge in [-0.25, -0.2) is 0 Å². The van der Waals surface area contributed by atoms with E-state index in [-0.39, 0.29) is 5.91 Å². The lowest BCUT2D eigenvalue weighted by atomic mass is 10.2. The van der Waals surface area contributed by atoms with E-state index in [1.807, 2.05) is 26.0 Å². The number of carbonyl (C=O) groups is 1. The SMILES string of the molecule is CCCOc1ccc(OCCC)c(NC(=O)c2ccc(OC)cc2)c1. The van der Waals surface area contributed by atoms with E-state index >= 15 is 0 Å². The van der Waals surface area contributed by atoms with Gasteiger partial charge in [0.1, 0.15) is 17.2 Å². The molecule has 0 radical (unpaired) electrons. The Bertz CT molecular complexity index is 683. The van der Waals surface area contributed by atoms with Gasteiger partial charge in [0.2, 0.25) is 0 Å². The number of anilines is 1. The van der Waals surface area contributed by atoms with Crippen LogP contribution in [0.1, 0.15) is 37.0 Å². The Morgan fingerprint density at radius 3 is 2.20 bits per heavy atom. The second-order valence-corrected chi connectivity index (χ2v) is 5.54. The molecule has 5 nitrogen and oxygen atoms in total. The Balaban J connectivity index is 2.19. The Morgan fingerprint density at radius 2 is 1.56 bits per heavy atom. The maximum absolute atomic E-state index is 12.5. The van der Waals surface area contributed by atoms with Crippen molar-refractivity contribution >= 4 is 11.6 Å². The van der Waals surface area contributed by atoms with Gasteiger partial charge >= 0.3 is 0 Å². The molecule has 0 unspecified atom stereocenters. The van der Waals surface area contributed by atoms with Gasteiger partial charge in [0.25, 0.3) is 5.91 Å². The van der Waals surface area contributed by atoms with Crippen molar-refractivity contribution in [2.45, 2.75) is 26.7 Å². The van der Waals surface area contributed by atoms with E-state index in [1.54, 1.807) is 37.4 Å². The van der Waals surface area contributed by atoms with Crippen LogP contribution in [0.25, 0.3) is 0 Å². The second kappa shape index (κ2) is 9.57. The van der Waals surface area contributed by atoms with Crippen LogP contribution in [0.5, 0.6) is 17.2 Å². The molecule has 1 amide bonds. The molecule has 0 spiro atoms. The quantitative estimate of drug-likeness (QED) is 0.727. The molecule has 0 aliphatic heterocycles. The van der Waals surface area contributed by atoms with Gasteiger partial charge in [0.05, 0.1) is 26.0 Å². The average Bonchev–Trinajstić information content (AvgIpc) is 2.65. The molecule has 0 saturated carbocycles. The van der Waals surface area contributed by atoms with Crippen molar-refractivity contribution in [2.24, 2.45) is 0 Å². The molecule has 134 valence electrons. The minimum Gasteiger partial charge on any atom is -0.497 e. The molecule has 2 aromatic rings. The summed E-state index contributed by atoms with van der Waals surface area (Å²) >= 11 is 0. The number of methoxy groups -OCH3 is 1. The molecule has 2 aromatic carbocycles. The van der Waals surface area contributed by atoms with Crippen molar-refractivity contribution in [3.63, 3.8) is 0 Å². The second-order valence-electron chi connectivity index (χ2n) is 5.54. The maximum atomic E-state index is 12.5. The fraction of sp³-hybridized carbons (Fsp3) is 0.350. The first-order valence-electron chi connectivity index (χ1n) is 8.53. The minimum absolute atomic E-state index is 0.211. The van der Waals surface area contributed by atoms with Gasteiger partial charge in [-0.3, -0.25) is 4.79 Å². The monoisotopic (exact) mass is 343 g/mol. The molecule has 0 heterocycles. The molecule has 5 heteroatoms. The third-order valence-electron chi connectivity index (χ3n) is 3.49. The van der Waals surface area contributed by atoms with Gasteiger partial charge < -0.3 is 19.5 Å². The van der Waals surface area contributed by atoms with Crippen LogP contribution in [0, 0.1) is 0 Å². The molecule has 2 rings (SSSR count). The molecular formula is C20H25NO4. The number of nitrogens with one attached hydrogen (secondary N) is 1. The highest BCUT2D eigenvalue weighted by Crippen LogP contribution is 2.30. The van der Waals surface area contributed by atoms with Crippen molar-refractivity contribution < 1.29 is 19.0 Å². The van der Waals surface area contributed by atoms with Gasteiger partial charge in [-0.15, -0.1) is 0 Å². The third-order valence-corrected chi connectivity index (χ3v) is 3.49. The Kier molecular flexibility index (Phi) is 7.14. The van der Waals surface area contributed by atoms with E-state index in [0.717, 1.165) is 12.8 Å². The molecule has 25 heavy (non-hydrogen) atoms. The molecule has 0 atom stereocenters. The number of benzene rings is 2. The van der Waals surface area contributed by atoms with E-state index < -0.39 is 0 Å². The fourth-order valence-corrected chi connectivity index (χ4v) is 2.19. The molecule has 0 bridgehead atoms. The van der Waals surface area contributed by atoms with E-state index in [4.69, 9.17) is 14.2 Å². The van der Waals surface area contributed by atoms with E-state index in [0.29, 0.717) is 41.7 Å². The van der Waals surface area contributed by atoms with Crippen LogP contribution in [0.3, 0.4) is 0 Å². The summed E-state index contributed by atoms with van der Waals surface area (Å²) in [7, 11) is 1.59. The molecule has 0 fully saturated rings. The zero-order valence-electron chi connectivity index (χ0n) is 15.0. The highest BCUT2D eigenvalue weighted by atomic mass is 16.5. The van der Waals surface area contributed by atoms with Gasteiger partial charge in [0.15, 0.2) is 0 Å². The topological polar surface area (TPSA) is 56.8 Å². The summed E-state index contributed by atoms with van der Waals surface area (Å²) in [4.78, 5) is 12.5. The largest absolute Gasteiger partial charge is 0.497 e. The van der Waals surface area contributed by atoms with Crippen LogP contribution in [0.15, 0.2) is 42.5 Å². The zero-order chi connectivity index (χ0) is 18.1. The Hall–Kier alpha value is -2.69. The smallest absolute Gasteiger partial charge is 0.255 e. The summed E-state index contributed by atoms with van der Waals surface area (Å²) in [6, 6.07) is 12.4.